The second-order valence-electron chi connectivity index (χ2n) is 7.72. The molecule has 0 unspecified atom stereocenters. The van der Waals surface area contributed by atoms with Crippen molar-refractivity contribution in [3.05, 3.63) is 50.6 Å². The Kier molecular flexibility index (Phi) is 18.1. The Morgan fingerprint density at radius 3 is 1.21 bits per heavy atom. The van der Waals surface area contributed by atoms with Gasteiger partial charge in [0.05, 0.1) is 11.8 Å². The molecular formula is C26H42O3. The lowest BCUT2D eigenvalue weighted by molar-refractivity contribution is -0.166. The number of hydrogen-bond donors (Lipinski definition) is 0. The summed E-state index contributed by atoms with van der Waals surface area (Å²) in [6, 6.07) is 0. The van der Waals surface area contributed by atoms with Gasteiger partial charge in [-0.05, 0) is 77.0 Å². The van der Waals surface area contributed by atoms with Crippen LogP contribution in [-0.2, 0) is 14.3 Å². The van der Waals surface area contributed by atoms with Gasteiger partial charge in [0, 0.05) is 0 Å². The summed E-state index contributed by atoms with van der Waals surface area (Å²) in [5.41, 5.74) is 0. The van der Waals surface area contributed by atoms with Crippen molar-refractivity contribution in [2.45, 2.75) is 89.9 Å². The van der Waals surface area contributed by atoms with E-state index in [0.717, 1.165) is 89.9 Å². The van der Waals surface area contributed by atoms with Crippen molar-refractivity contribution in [2.24, 2.45) is 11.8 Å². The van der Waals surface area contributed by atoms with Crippen molar-refractivity contribution < 1.29 is 14.3 Å². The highest BCUT2D eigenvalue weighted by atomic mass is 16.6. The SMILES string of the molecule is C=CCCCCC(CCCCC=C)C(=O)OC(=O)C(CCCC=C)CCCC=C. The van der Waals surface area contributed by atoms with Gasteiger partial charge in [-0.15, -0.1) is 26.3 Å². The van der Waals surface area contributed by atoms with E-state index >= 15 is 0 Å². The lowest BCUT2D eigenvalue weighted by Crippen LogP contribution is -2.26. The smallest absolute Gasteiger partial charge is 0.316 e. The number of carbonyl (C=O) groups excluding carboxylic acids is 2. The van der Waals surface area contributed by atoms with Gasteiger partial charge in [0.15, 0.2) is 0 Å². The molecule has 3 nitrogen and oxygen atoms in total. The van der Waals surface area contributed by atoms with Gasteiger partial charge in [-0.25, -0.2) is 0 Å². The molecule has 0 bridgehead atoms. The van der Waals surface area contributed by atoms with E-state index in [1.54, 1.807) is 0 Å². The molecule has 0 saturated carbocycles. The number of esters is 2. The Labute approximate surface area is 179 Å². The quantitative estimate of drug-likeness (QED) is 0.0916. The molecule has 0 heterocycles. The summed E-state index contributed by atoms with van der Waals surface area (Å²) in [6.07, 6.45) is 19.9. The third-order valence-electron chi connectivity index (χ3n) is 5.21. The summed E-state index contributed by atoms with van der Waals surface area (Å²) >= 11 is 0. The van der Waals surface area contributed by atoms with Gasteiger partial charge >= 0.3 is 11.9 Å². The predicted octanol–water partition coefficient (Wildman–Crippen LogP) is 7.49. The Hall–Kier alpha value is -1.90. The lowest BCUT2D eigenvalue weighted by atomic mass is 9.94. The van der Waals surface area contributed by atoms with Gasteiger partial charge < -0.3 is 4.74 Å². The normalized spacial score (nSPS) is 10.7. The monoisotopic (exact) mass is 402 g/mol. The third kappa shape index (κ3) is 14.7. The highest BCUT2D eigenvalue weighted by Gasteiger charge is 2.26. The van der Waals surface area contributed by atoms with Crippen LogP contribution < -0.4 is 0 Å². The lowest BCUT2D eigenvalue weighted by Gasteiger charge is -2.18. The molecule has 0 fully saturated rings. The number of ether oxygens (including phenoxy) is 1. The van der Waals surface area contributed by atoms with Crippen LogP contribution in [-0.4, -0.2) is 11.9 Å². The molecule has 0 aliphatic heterocycles. The van der Waals surface area contributed by atoms with Crippen LogP contribution in [0.1, 0.15) is 89.9 Å². The minimum absolute atomic E-state index is 0.199. The van der Waals surface area contributed by atoms with Crippen LogP contribution in [0.3, 0.4) is 0 Å². The molecule has 0 N–H and O–H groups in total. The molecular weight excluding hydrogens is 360 g/mol. The first-order valence-electron chi connectivity index (χ1n) is 11.3. The molecule has 0 aliphatic carbocycles. The van der Waals surface area contributed by atoms with Crippen LogP contribution in [0, 0.1) is 11.8 Å². The van der Waals surface area contributed by atoms with Crippen molar-refractivity contribution in [1.82, 2.24) is 0 Å². The van der Waals surface area contributed by atoms with E-state index in [2.05, 4.69) is 26.3 Å². The molecule has 3 heteroatoms. The minimum Gasteiger partial charge on any atom is -0.393 e. The van der Waals surface area contributed by atoms with Crippen molar-refractivity contribution in [3.63, 3.8) is 0 Å². The summed E-state index contributed by atoms with van der Waals surface area (Å²) in [6.45, 7) is 15.0. The van der Waals surface area contributed by atoms with Crippen molar-refractivity contribution in [3.8, 4) is 0 Å². The second-order valence-corrected chi connectivity index (χ2v) is 7.72. The van der Waals surface area contributed by atoms with E-state index in [-0.39, 0.29) is 23.8 Å². The molecule has 0 aromatic rings. The summed E-state index contributed by atoms with van der Waals surface area (Å²) in [7, 11) is 0. The fourth-order valence-electron chi connectivity index (χ4n) is 3.40. The number of allylic oxidation sites excluding steroid dienone is 4. The van der Waals surface area contributed by atoms with E-state index in [1.165, 1.54) is 0 Å². The van der Waals surface area contributed by atoms with E-state index in [1.807, 2.05) is 24.3 Å². The molecule has 0 rings (SSSR count). The molecule has 0 atom stereocenters. The minimum atomic E-state index is -0.356. The molecule has 29 heavy (non-hydrogen) atoms. The molecule has 0 spiro atoms. The topological polar surface area (TPSA) is 43.4 Å². The van der Waals surface area contributed by atoms with Crippen LogP contribution in [0.15, 0.2) is 50.6 Å². The van der Waals surface area contributed by atoms with E-state index in [9.17, 15) is 9.59 Å². The average molecular weight is 403 g/mol. The van der Waals surface area contributed by atoms with Crippen LogP contribution in [0.5, 0.6) is 0 Å². The van der Waals surface area contributed by atoms with Gasteiger partial charge in [-0.2, -0.15) is 0 Å². The summed E-state index contributed by atoms with van der Waals surface area (Å²) < 4.78 is 5.38. The number of hydrogen-bond acceptors (Lipinski definition) is 3. The van der Waals surface area contributed by atoms with E-state index in [4.69, 9.17) is 4.74 Å². The fourth-order valence-corrected chi connectivity index (χ4v) is 3.40. The predicted molar refractivity (Wildman–Crippen MR) is 124 cm³/mol. The third-order valence-corrected chi connectivity index (χ3v) is 5.21. The molecule has 0 saturated heterocycles. The Bertz CT molecular complexity index is 462. The molecule has 0 radical (unpaired) electrons. The summed E-state index contributed by atoms with van der Waals surface area (Å²) in [4.78, 5) is 25.4. The van der Waals surface area contributed by atoms with Gasteiger partial charge in [-0.1, -0.05) is 37.1 Å². The van der Waals surface area contributed by atoms with Crippen molar-refractivity contribution in [1.29, 1.82) is 0 Å². The van der Waals surface area contributed by atoms with Crippen LogP contribution in [0.4, 0.5) is 0 Å². The Morgan fingerprint density at radius 1 is 0.552 bits per heavy atom. The Morgan fingerprint density at radius 2 is 0.862 bits per heavy atom. The van der Waals surface area contributed by atoms with Crippen LogP contribution in [0.2, 0.25) is 0 Å². The second kappa shape index (κ2) is 19.4. The first kappa shape index (κ1) is 27.1. The molecule has 0 amide bonds. The maximum absolute atomic E-state index is 12.7. The van der Waals surface area contributed by atoms with Gasteiger partial charge in [0.25, 0.3) is 0 Å². The Balaban J connectivity index is 4.79. The number of rotatable bonds is 20. The molecule has 0 aliphatic rings. The number of unbranched alkanes of at least 4 members (excludes halogenated alkanes) is 6. The molecule has 164 valence electrons. The average Bonchev–Trinajstić information content (AvgIpc) is 2.71. The van der Waals surface area contributed by atoms with Crippen LogP contribution >= 0.6 is 0 Å². The highest BCUT2D eigenvalue weighted by Crippen LogP contribution is 2.23. The maximum atomic E-state index is 12.7. The van der Waals surface area contributed by atoms with Gasteiger partial charge in [-0.3, -0.25) is 9.59 Å². The highest BCUT2D eigenvalue weighted by molar-refractivity contribution is 5.87. The standard InChI is InChI=1S/C26H42O3/c1-5-9-13-17-21-24(22-18-14-10-6-2)26(28)29-25(27)23(19-15-11-7-3)20-16-12-8-4/h5-8,23-24H,1-4,9-22H2. The van der Waals surface area contributed by atoms with Crippen molar-refractivity contribution in [2.75, 3.05) is 0 Å². The van der Waals surface area contributed by atoms with Gasteiger partial charge in [0.1, 0.15) is 0 Å². The zero-order valence-corrected chi connectivity index (χ0v) is 18.4. The first-order chi connectivity index (χ1) is 14.1. The zero-order chi connectivity index (χ0) is 21.7. The van der Waals surface area contributed by atoms with E-state index in [0.29, 0.717) is 0 Å². The molecule has 0 aromatic carbocycles. The zero-order valence-electron chi connectivity index (χ0n) is 18.4. The number of carbonyl (C=O) groups is 2. The van der Waals surface area contributed by atoms with E-state index < -0.39 is 0 Å². The van der Waals surface area contributed by atoms with Crippen molar-refractivity contribution >= 4 is 11.9 Å². The summed E-state index contributed by atoms with van der Waals surface area (Å²) in [5.74, 6) is -1.12. The first-order valence-corrected chi connectivity index (χ1v) is 11.3. The van der Waals surface area contributed by atoms with Crippen LogP contribution in [0.25, 0.3) is 0 Å². The van der Waals surface area contributed by atoms with Gasteiger partial charge in [0.2, 0.25) is 0 Å². The maximum Gasteiger partial charge on any atom is 0.316 e. The summed E-state index contributed by atoms with van der Waals surface area (Å²) in [5, 5.41) is 0. The molecule has 0 aromatic heterocycles. The fraction of sp³-hybridized carbons (Fsp3) is 0.615. The largest absolute Gasteiger partial charge is 0.393 e.